The molecule has 10 aromatic rings. The second-order valence-electron chi connectivity index (χ2n) is 13.6. The predicted octanol–water partition coefficient (Wildman–Crippen LogP) is 15.3. The molecule has 1 heteroatoms. The summed E-state index contributed by atoms with van der Waals surface area (Å²) in [5.74, 6) is 0. The van der Waals surface area contributed by atoms with Crippen molar-refractivity contribution in [1.29, 1.82) is 0 Å². The Morgan fingerprint density at radius 2 is 1.02 bits per heavy atom. The predicted molar refractivity (Wildman–Crippen MR) is 230 cm³/mol. The molecule has 1 heterocycles. The minimum Gasteiger partial charge on any atom is -0.135 e. The third-order valence-electron chi connectivity index (χ3n) is 10.5. The molecule has 0 nitrogen and oxygen atoms in total. The molecule has 0 aliphatic carbocycles. The first kappa shape index (κ1) is 30.5. The normalized spacial score (nSPS) is 12.2. The molecule has 0 amide bonds. The number of rotatable bonds is 5. The molecule has 0 spiro atoms. The van der Waals surface area contributed by atoms with Crippen molar-refractivity contribution in [3.63, 3.8) is 0 Å². The molecule has 0 unspecified atom stereocenters. The summed E-state index contributed by atoms with van der Waals surface area (Å²) >= 11 is 1.89. The van der Waals surface area contributed by atoms with Gasteiger partial charge in [-0.2, -0.15) is 0 Å². The highest BCUT2D eigenvalue weighted by molar-refractivity contribution is 7.26. The Labute approximate surface area is 307 Å². The molecule has 0 bridgehead atoms. The standard InChI is InChI=1S/C51H34S/c1-2-3-4-16-41-31-46(40-20-18-33-11-5-7-14-36(33)28-40)47-30-38(22-25-44(47)50(41)42-21-19-34-12-6-8-15-37(34)29-42)39-23-26-45-49(32-39)52-48-27-24-35-13-9-10-17-43(35)51(45)48/h2-32H,1H3/b3-2-,16-4-. The lowest BCUT2D eigenvalue weighted by Crippen LogP contribution is -1.92. The van der Waals surface area contributed by atoms with Gasteiger partial charge in [0.15, 0.2) is 0 Å². The first-order chi connectivity index (χ1) is 25.7. The van der Waals surface area contributed by atoms with Crippen LogP contribution in [0, 0.1) is 0 Å². The van der Waals surface area contributed by atoms with Crippen LogP contribution in [-0.2, 0) is 0 Å². The monoisotopic (exact) mass is 678 g/mol. The average molecular weight is 679 g/mol. The zero-order valence-electron chi connectivity index (χ0n) is 28.8. The summed E-state index contributed by atoms with van der Waals surface area (Å²) in [7, 11) is 0. The van der Waals surface area contributed by atoms with Crippen LogP contribution >= 0.6 is 11.3 Å². The highest BCUT2D eigenvalue weighted by Gasteiger charge is 2.17. The Balaban J connectivity index is 1.23. The lowest BCUT2D eigenvalue weighted by Gasteiger charge is -2.18. The van der Waals surface area contributed by atoms with E-state index >= 15 is 0 Å². The number of hydrogen-bond acceptors (Lipinski definition) is 1. The Kier molecular flexibility index (Phi) is 7.34. The van der Waals surface area contributed by atoms with Crippen LogP contribution in [0.2, 0.25) is 0 Å². The van der Waals surface area contributed by atoms with Crippen molar-refractivity contribution in [3.05, 3.63) is 188 Å². The van der Waals surface area contributed by atoms with Gasteiger partial charge in [0.2, 0.25) is 0 Å². The van der Waals surface area contributed by atoms with E-state index in [1.54, 1.807) is 0 Å². The van der Waals surface area contributed by atoms with Gasteiger partial charge in [0, 0.05) is 20.2 Å². The molecule has 1 aromatic heterocycles. The van der Waals surface area contributed by atoms with Crippen molar-refractivity contribution in [3.8, 4) is 33.4 Å². The number of thiophene rings is 1. The van der Waals surface area contributed by atoms with Crippen LogP contribution in [0.3, 0.4) is 0 Å². The molecule has 0 N–H and O–H groups in total. The SMILES string of the molecule is C/C=C\C=C/c1cc(-c2ccc3ccccc3c2)c2cc(-c3ccc4c(c3)sc3ccc5ccccc5c34)ccc2c1-c1ccc2ccccc2c1. The van der Waals surface area contributed by atoms with Gasteiger partial charge in [-0.1, -0.05) is 152 Å². The van der Waals surface area contributed by atoms with Crippen LogP contribution in [0.1, 0.15) is 12.5 Å². The van der Waals surface area contributed by atoms with Gasteiger partial charge in [-0.05, 0) is 125 Å². The second kappa shape index (κ2) is 12.5. The number of allylic oxidation sites excluding steroid dienone is 3. The number of fused-ring (bicyclic) bond motifs is 8. The minimum absolute atomic E-state index is 1.20. The fourth-order valence-corrected chi connectivity index (χ4v) is 9.18. The van der Waals surface area contributed by atoms with Gasteiger partial charge < -0.3 is 0 Å². The largest absolute Gasteiger partial charge is 0.135 e. The van der Waals surface area contributed by atoms with Crippen LogP contribution in [0.5, 0.6) is 0 Å². The maximum absolute atomic E-state index is 2.42. The molecular weight excluding hydrogens is 645 g/mol. The molecule has 0 fully saturated rings. The van der Waals surface area contributed by atoms with Gasteiger partial charge in [0.05, 0.1) is 0 Å². The first-order valence-electron chi connectivity index (χ1n) is 17.9. The summed E-state index contributed by atoms with van der Waals surface area (Å²) in [5.41, 5.74) is 8.60. The quantitative estimate of drug-likeness (QED) is 0.159. The minimum atomic E-state index is 1.20. The highest BCUT2D eigenvalue weighted by Crippen LogP contribution is 2.44. The van der Waals surface area contributed by atoms with Crippen molar-refractivity contribution < 1.29 is 0 Å². The van der Waals surface area contributed by atoms with Crippen molar-refractivity contribution in [2.75, 3.05) is 0 Å². The molecule has 0 aliphatic rings. The molecule has 0 saturated heterocycles. The molecule has 52 heavy (non-hydrogen) atoms. The van der Waals surface area contributed by atoms with Gasteiger partial charge in [-0.3, -0.25) is 0 Å². The molecule has 9 aromatic carbocycles. The zero-order chi connectivity index (χ0) is 34.6. The molecule has 10 rings (SSSR count). The maximum Gasteiger partial charge on any atom is 0.0361 e. The Hall–Kier alpha value is -6.28. The first-order valence-corrected chi connectivity index (χ1v) is 18.8. The Morgan fingerprint density at radius 1 is 0.404 bits per heavy atom. The summed E-state index contributed by atoms with van der Waals surface area (Å²) in [6.07, 6.45) is 8.62. The fraction of sp³-hybridized carbons (Fsp3) is 0.0196. The molecule has 0 atom stereocenters. The van der Waals surface area contributed by atoms with E-state index in [4.69, 9.17) is 0 Å². The van der Waals surface area contributed by atoms with Crippen molar-refractivity contribution in [1.82, 2.24) is 0 Å². The Bertz CT molecular complexity index is 3080. The summed E-state index contributed by atoms with van der Waals surface area (Å²) in [4.78, 5) is 0. The molecule has 244 valence electrons. The van der Waals surface area contributed by atoms with E-state index < -0.39 is 0 Å². The highest BCUT2D eigenvalue weighted by atomic mass is 32.1. The average Bonchev–Trinajstić information content (AvgIpc) is 3.58. The van der Waals surface area contributed by atoms with Crippen LogP contribution in [0.25, 0.3) is 103 Å². The molecular formula is C51H34S. The smallest absolute Gasteiger partial charge is 0.0361 e. The van der Waals surface area contributed by atoms with Crippen LogP contribution < -0.4 is 0 Å². The van der Waals surface area contributed by atoms with Gasteiger partial charge in [-0.15, -0.1) is 11.3 Å². The maximum atomic E-state index is 2.42. The zero-order valence-corrected chi connectivity index (χ0v) is 29.6. The Morgan fingerprint density at radius 3 is 1.79 bits per heavy atom. The van der Waals surface area contributed by atoms with Gasteiger partial charge in [-0.25, -0.2) is 0 Å². The van der Waals surface area contributed by atoms with Gasteiger partial charge in [0.25, 0.3) is 0 Å². The van der Waals surface area contributed by atoms with E-state index in [9.17, 15) is 0 Å². The van der Waals surface area contributed by atoms with E-state index in [0.29, 0.717) is 0 Å². The van der Waals surface area contributed by atoms with Crippen LogP contribution in [-0.4, -0.2) is 0 Å². The fourth-order valence-electron chi connectivity index (χ4n) is 8.02. The number of benzene rings is 9. The third-order valence-corrected chi connectivity index (χ3v) is 11.7. The lowest BCUT2D eigenvalue weighted by atomic mass is 9.85. The van der Waals surface area contributed by atoms with E-state index in [2.05, 4.69) is 195 Å². The van der Waals surface area contributed by atoms with Crippen LogP contribution in [0.4, 0.5) is 0 Å². The topological polar surface area (TPSA) is 0 Å². The van der Waals surface area contributed by atoms with E-state index in [1.807, 2.05) is 11.3 Å². The van der Waals surface area contributed by atoms with Crippen molar-refractivity contribution >= 4 is 80.7 Å². The van der Waals surface area contributed by atoms with E-state index in [0.717, 1.165) is 0 Å². The number of hydrogen-bond donors (Lipinski definition) is 0. The summed E-state index contributed by atoms with van der Waals surface area (Å²) in [5, 5.41) is 12.8. The summed E-state index contributed by atoms with van der Waals surface area (Å²) in [6, 6.07) is 60.9. The molecule has 0 aliphatic heterocycles. The third kappa shape index (κ3) is 5.13. The van der Waals surface area contributed by atoms with Crippen molar-refractivity contribution in [2.45, 2.75) is 6.92 Å². The summed E-state index contributed by atoms with van der Waals surface area (Å²) in [6.45, 7) is 2.06. The van der Waals surface area contributed by atoms with E-state index in [-0.39, 0.29) is 0 Å². The van der Waals surface area contributed by atoms with E-state index in [1.165, 1.54) is 102 Å². The summed E-state index contributed by atoms with van der Waals surface area (Å²) < 4.78 is 2.65. The van der Waals surface area contributed by atoms with Gasteiger partial charge in [0.1, 0.15) is 0 Å². The van der Waals surface area contributed by atoms with Gasteiger partial charge >= 0.3 is 0 Å². The van der Waals surface area contributed by atoms with Crippen molar-refractivity contribution in [2.24, 2.45) is 0 Å². The van der Waals surface area contributed by atoms with Crippen LogP contribution in [0.15, 0.2) is 182 Å². The molecule has 0 radical (unpaired) electrons. The second-order valence-corrected chi connectivity index (χ2v) is 14.7. The molecule has 0 saturated carbocycles. The lowest BCUT2D eigenvalue weighted by molar-refractivity contribution is 1.62.